The van der Waals surface area contributed by atoms with Crippen molar-refractivity contribution in [3.05, 3.63) is 542 Å². The van der Waals surface area contributed by atoms with Crippen LogP contribution in [0.15, 0.2) is 426 Å². The van der Waals surface area contributed by atoms with E-state index in [4.69, 9.17) is 0 Å². The molecule has 10 heterocycles. The van der Waals surface area contributed by atoms with E-state index in [9.17, 15) is 0 Å². The van der Waals surface area contributed by atoms with Gasteiger partial charge in [0.1, 0.15) is 0 Å². The maximum Gasteiger partial charge on any atom is 0.0190 e. The molecule has 0 saturated heterocycles. The molecule has 0 aliphatic heterocycles. The van der Waals surface area contributed by atoms with Crippen LogP contribution in [0.5, 0.6) is 0 Å². The van der Waals surface area contributed by atoms with Crippen molar-refractivity contribution in [2.24, 2.45) is 0 Å². The molecule has 0 aliphatic carbocycles. The van der Waals surface area contributed by atoms with Gasteiger partial charge >= 0.3 is 0 Å². The van der Waals surface area contributed by atoms with Gasteiger partial charge in [-0.25, -0.2) is 0 Å². The fraction of sp³-hybridized carbons (Fsp3) is 0.0833. The predicted molar refractivity (Wildman–Crippen MR) is 532 cm³/mol. The Bertz CT molecular complexity index is 5910. The Kier molecular flexibility index (Phi) is 67.1. The Morgan fingerprint density at radius 3 is 0.743 bits per heavy atom. The van der Waals surface area contributed by atoms with E-state index in [0.29, 0.717) is 0 Å². The van der Waals surface area contributed by atoms with E-state index in [1.54, 1.807) is 37.2 Å². The summed E-state index contributed by atoms with van der Waals surface area (Å²) >= 11 is 0. The van der Waals surface area contributed by atoms with Crippen molar-refractivity contribution in [2.75, 3.05) is 0 Å². The van der Waals surface area contributed by atoms with E-state index in [0.717, 1.165) is 113 Å². The summed E-state index contributed by atoms with van der Waals surface area (Å²) in [6, 6.07) is 151. The van der Waals surface area contributed by atoms with Crippen molar-refractivity contribution in [3.8, 4) is 113 Å². The first-order valence-corrected chi connectivity index (χ1v) is 42.6. The minimum atomic E-state index is 0. The van der Waals surface area contributed by atoms with Crippen LogP contribution in [0.1, 0.15) is 55.6 Å². The van der Waals surface area contributed by atoms with Crippen LogP contribution in [0.3, 0.4) is 0 Å². The first-order chi connectivity index (χ1) is 63.7. The summed E-state index contributed by atoms with van der Waals surface area (Å²) < 4.78 is 0. The molecule has 0 bridgehead atoms. The van der Waals surface area contributed by atoms with E-state index in [1.165, 1.54) is 55.6 Å². The second-order valence-electron chi connectivity index (χ2n) is 29.7. The number of aromatic nitrogens is 10. The third-order valence-corrected chi connectivity index (χ3v) is 19.3. The normalized spacial score (nSPS) is 9.21. The van der Waals surface area contributed by atoms with Crippen LogP contribution >= 0.6 is 0 Å². The average Bonchev–Trinajstić information content (AvgIpc) is 0.851. The smallest absolute Gasteiger partial charge is 0.0190 e. The third-order valence-electron chi connectivity index (χ3n) is 19.3. The molecule has 20 aromatic rings. The molecule has 10 aromatic heterocycles. The molecule has 0 unspecified atom stereocenters. The minimum Gasteiger partial charge on any atom is -0.305 e. The molecular formula is C120H100Ir10N10-10. The summed E-state index contributed by atoms with van der Waals surface area (Å²) in [5.41, 5.74) is 32.6. The van der Waals surface area contributed by atoms with Crippen LogP contribution in [0.2, 0.25) is 0 Å². The topological polar surface area (TPSA) is 129 Å². The summed E-state index contributed by atoms with van der Waals surface area (Å²) in [6.45, 7) is 20.6. The van der Waals surface area contributed by atoms with Crippen LogP contribution in [0.25, 0.3) is 113 Å². The molecule has 730 valence electrons. The number of hydrogen-bond acceptors (Lipinski definition) is 10. The van der Waals surface area contributed by atoms with Gasteiger partial charge in [-0.15, -0.1) is 356 Å². The van der Waals surface area contributed by atoms with Crippen LogP contribution in [-0.4, -0.2) is 49.8 Å². The Balaban J connectivity index is 0.000000772. The average molecular weight is 3600 g/mol. The van der Waals surface area contributed by atoms with Crippen molar-refractivity contribution in [3.63, 3.8) is 0 Å². The first-order valence-electron chi connectivity index (χ1n) is 42.6. The van der Waals surface area contributed by atoms with Gasteiger partial charge in [0.15, 0.2) is 0 Å². The van der Waals surface area contributed by atoms with E-state index in [2.05, 4.69) is 233 Å². The largest absolute Gasteiger partial charge is 0.305 e. The third kappa shape index (κ3) is 45.2. The molecule has 140 heavy (non-hydrogen) atoms. The van der Waals surface area contributed by atoms with Crippen molar-refractivity contribution >= 4 is 0 Å². The summed E-state index contributed by atoms with van der Waals surface area (Å²) in [6.07, 6.45) is 18.1. The standard InChI is InChI=1S/10C12H10N.10Ir/c2*1-10-5-4-6-11(9-10)12-7-2-3-8-13-12;2*1-10-6-2-3-7-11(10)12-8-4-5-9-13-12;2*1-10-5-7-11(8-6-10)12-4-2-3-9-13-12;2*1-10-6-5-9-13-12(10)11-7-3-2-4-8-11;1-10-7-8-13-12(9-10)11-5-3-2-4-6-11;1-10-7-8-12(13-9-10)11-5-3-2-4-6-11;;;;;;;;;;/h2*2-5,7-9H,1H3;2*2-6,8-9H,1H3;4*2-7,9H,1H3;2*2-5,7-9H,1H3;;;;;;;;;;/q10*-1;;;;;;;;;;. The van der Waals surface area contributed by atoms with Crippen molar-refractivity contribution in [2.45, 2.75) is 69.2 Å². The molecule has 0 saturated carbocycles. The van der Waals surface area contributed by atoms with Gasteiger partial charge in [0.2, 0.25) is 0 Å². The van der Waals surface area contributed by atoms with Crippen molar-refractivity contribution in [1.82, 2.24) is 49.8 Å². The second kappa shape index (κ2) is 73.3. The number of rotatable bonds is 10. The number of hydrogen-bond donors (Lipinski definition) is 0. The number of pyridine rings is 10. The number of benzene rings is 10. The zero-order valence-electron chi connectivity index (χ0n) is 78.2. The van der Waals surface area contributed by atoms with Gasteiger partial charge < -0.3 is 49.8 Å². The molecule has 0 N–H and O–H groups in total. The van der Waals surface area contributed by atoms with Crippen LogP contribution < -0.4 is 0 Å². The Morgan fingerprint density at radius 1 is 0.157 bits per heavy atom. The van der Waals surface area contributed by atoms with Gasteiger partial charge in [-0.3, -0.25) is 0 Å². The van der Waals surface area contributed by atoms with E-state index >= 15 is 0 Å². The molecule has 20 heteroatoms. The molecule has 0 fully saturated rings. The molecule has 20 rings (SSSR count). The summed E-state index contributed by atoms with van der Waals surface area (Å²) in [5, 5.41) is 0. The van der Waals surface area contributed by atoms with Gasteiger partial charge in [-0.2, -0.15) is 0 Å². The van der Waals surface area contributed by atoms with Gasteiger partial charge in [-0.1, -0.05) is 161 Å². The zero-order valence-corrected chi connectivity index (χ0v) is 102. The number of aryl methyl sites for hydroxylation is 10. The Labute approximate surface area is 963 Å². The summed E-state index contributed by atoms with van der Waals surface area (Å²) in [7, 11) is 0. The molecule has 0 aliphatic rings. The summed E-state index contributed by atoms with van der Waals surface area (Å²) in [4.78, 5) is 42.8. The molecule has 0 amide bonds. The maximum absolute atomic E-state index is 4.32. The SMILES string of the molecule is Cc1c[c-]c(-c2ccccn2)cc1.Cc1c[c-]c(-c2ccccn2)cc1.Cc1cc[c-]c(-c2ccccn2)c1.Cc1cc[c-]c(-c2ccccn2)c1.Cc1ccc(-c2[c-]cccc2)nc1.Cc1ccc[c-]c1-c1ccccn1.Cc1ccc[c-]c1-c1ccccn1.Cc1cccnc1-c1[c-]cccc1.Cc1cccnc1-c1[c-]cccc1.Cc1ccnc(-c2[c-]cccc2)c1.[Ir].[Ir].[Ir].[Ir].[Ir].[Ir].[Ir].[Ir].[Ir].[Ir]. The molecular weight excluding hydrogens is 3500 g/mol. The monoisotopic (exact) mass is 3610 g/mol. The van der Waals surface area contributed by atoms with E-state index in [-0.39, 0.29) is 201 Å². The minimum absolute atomic E-state index is 0. The maximum atomic E-state index is 4.32. The van der Waals surface area contributed by atoms with E-state index < -0.39 is 0 Å². The Morgan fingerprint density at radius 2 is 0.443 bits per heavy atom. The fourth-order valence-electron chi connectivity index (χ4n) is 12.5. The second-order valence-corrected chi connectivity index (χ2v) is 29.7. The quantitative estimate of drug-likeness (QED) is 0.122. The van der Waals surface area contributed by atoms with Crippen molar-refractivity contribution in [1.29, 1.82) is 0 Å². The molecule has 10 nitrogen and oxygen atoms in total. The zero-order chi connectivity index (χ0) is 91.0. The van der Waals surface area contributed by atoms with Gasteiger partial charge in [-0.05, 0) is 145 Å². The molecule has 0 spiro atoms. The number of nitrogens with zero attached hydrogens (tertiary/aromatic N) is 10. The molecule has 10 radical (unpaired) electrons. The molecule has 0 atom stereocenters. The van der Waals surface area contributed by atoms with Crippen LogP contribution in [-0.2, 0) is 201 Å². The van der Waals surface area contributed by atoms with Crippen LogP contribution in [0, 0.1) is 130 Å². The van der Waals surface area contributed by atoms with Crippen molar-refractivity contribution < 1.29 is 201 Å². The first kappa shape index (κ1) is 128. The van der Waals surface area contributed by atoms with Gasteiger partial charge in [0, 0.05) is 263 Å². The fourth-order valence-corrected chi connectivity index (χ4v) is 12.5. The van der Waals surface area contributed by atoms with Gasteiger partial charge in [0.05, 0.1) is 0 Å². The molecule has 10 aromatic carbocycles. The van der Waals surface area contributed by atoms with Crippen LogP contribution in [0.4, 0.5) is 0 Å². The predicted octanol–water partition coefficient (Wildman–Crippen LogP) is 28.5. The Hall–Kier alpha value is -9.81. The summed E-state index contributed by atoms with van der Waals surface area (Å²) in [5.74, 6) is 0. The van der Waals surface area contributed by atoms with E-state index in [1.807, 2.05) is 335 Å². The van der Waals surface area contributed by atoms with Gasteiger partial charge in [0.25, 0.3) is 0 Å².